The summed E-state index contributed by atoms with van der Waals surface area (Å²) in [6.07, 6.45) is -1.61. The summed E-state index contributed by atoms with van der Waals surface area (Å²) in [6, 6.07) is 12.2. The molecule has 4 aliphatic heterocycles. The lowest BCUT2D eigenvalue weighted by Gasteiger charge is -2.39. The van der Waals surface area contributed by atoms with Gasteiger partial charge >= 0.3 is 11.9 Å². The number of aliphatic hydroxyl groups excluding tert-OH is 1. The van der Waals surface area contributed by atoms with Crippen LogP contribution in [0.1, 0.15) is 51.2 Å². The molecule has 2 aromatic rings. The van der Waals surface area contributed by atoms with E-state index in [1.807, 2.05) is 6.92 Å². The van der Waals surface area contributed by atoms with Gasteiger partial charge in [-0.15, -0.1) is 0 Å². The fraction of sp³-hybridized carbons (Fsp3) is 0.485. The number of β-lactam (4-membered cyclic amide) rings is 2. The highest BCUT2D eigenvalue weighted by molar-refractivity contribution is 6.71. The Morgan fingerprint density at radius 3 is 2.00 bits per heavy atom. The van der Waals surface area contributed by atoms with Crippen molar-refractivity contribution in [1.29, 1.82) is 0 Å². The highest BCUT2D eigenvalue weighted by Crippen LogP contribution is 2.60. The zero-order valence-corrected chi connectivity index (χ0v) is 28.0. The zero-order chi connectivity index (χ0) is 34.0. The molecule has 1 spiro atoms. The molecule has 3 amide bonds. The number of hydrogen-bond acceptors (Lipinski definition) is 10. The second-order valence-electron chi connectivity index (χ2n) is 13.2. The Hall–Kier alpha value is -4.11. The Morgan fingerprint density at radius 1 is 0.936 bits per heavy atom. The lowest BCUT2D eigenvalue weighted by Crippen LogP contribution is -2.55. The van der Waals surface area contributed by atoms with Crippen LogP contribution in [-0.2, 0) is 50.3 Å². The molecule has 0 saturated carbocycles. The number of ether oxygens (including phenoxy) is 3. The number of anilines is 3. The number of nitrogens with zero attached hydrogens (tertiary/aromatic N) is 3. The van der Waals surface area contributed by atoms with Crippen molar-refractivity contribution in [1.82, 2.24) is 0 Å². The van der Waals surface area contributed by atoms with Crippen LogP contribution in [0.15, 0.2) is 42.5 Å². The standard InChI is InChI=1S/C33H39N3O10Si/c1-18-31(47(4,5)43)26(12-13-37)46-33(18)24-14-23(36-28(41)16-30(36)45-20(3)39)10-11-25(24)34(32(33)42)17-21-6-8-22(9-7-21)35-27(40)15-29(35)44-19(2)38/h6-11,14,18,26,29-31,37,43H,12-13,15-17H2,1-5H3/t18-,26+,29?,30?,31-,33+/m0/s1. The summed E-state index contributed by atoms with van der Waals surface area (Å²) in [4.78, 5) is 78.6. The number of carbonyl (C=O) groups is 5. The van der Waals surface area contributed by atoms with Gasteiger partial charge in [0, 0.05) is 48.9 Å². The second-order valence-corrected chi connectivity index (χ2v) is 17.2. The van der Waals surface area contributed by atoms with Crippen LogP contribution in [0, 0.1) is 5.92 Å². The van der Waals surface area contributed by atoms with Crippen molar-refractivity contribution in [3.05, 3.63) is 53.6 Å². The summed E-state index contributed by atoms with van der Waals surface area (Å²) in [6.45, 7) is 8.02. The first-order chi connectivity index (χ1) is 22.2. The lowest BCUT2D eigenvalue weighted by atomic mass is 9.82. The van der Waals surface area contributed by atoms with Gasteiger partial charge in [0.05, 0.1) is 31.2 Å². The molecule has 47 heavy (non-hydrogen) atoms. The molecule has 0 bridgehead atoms. The SMILES string of the molecule is CC(=O)OC1CC(=O)N1c1ccc(CN2C(=O)[C@]3(O[C@H](CCO)[C@@H]([Si](C)(C)O)[C@@H]3C)c3cc(N4C(=O)CC4OC(C)=O)ccc32)cc1. The number of rotatable bonds is 9. The fourth-order valence-corrected chi connectivity index (χ4v) is 10.3. The van der Waals surface area contributed by atoms with Crippen molar-refractivity contribution in [3.8, 4) is 0 Å². The van der Waals surface area contributed by atoms with Gasteiger partial charge in [0.2, 0.25) is 11.8 Å². The van der Waals surface area contributed by atoms with Crippen LogP contribution >= 0.6 is 0 Å². The molecule has 13 nitrogen and oxygen atoms in total. The summed E-state index contributed by atoms with van der Waals surface area (Å²) in [5.74, 6) is -2.21. The monoisotopic (exact) mass is 665 g/mol. The molecule has 14 heteroatoms. The minimum absolute atomic E-state index is 0.0470. The first kappa shape index (κ1) is 32.8. The lowest BCUT2D eigenvalue weighted by molar-refractivity contribution is -0.155. The van der Waals surface area contributed by atoms with E-state index in [4.69, 9.17) is 14.2 Å². The normalized spacial score (nSPS) is 28.4. The van der Waals surface area contributed by atoms with Crippen molar-refractivity contribution >= 4 is 55.0 Å². The van der Waals surface area contributed by atoms with Gasteiger partial charge in [0.25, 0.3) is 5.91 Å². The molecule has 3 fully saturated rings. The summed E-state index contributed by atoms with van der Waals surface area (Å²) in [7, 11) is -2.93. The van der Waals surface area contributed by atoms with E-state index in [0.717, 1.165) is 5.56 Å². The molecule has 0 radical (unpaired) electrons. The van der Waals surface area contributed by atoms with Crippen LogP contribution in [0.2, 0.25) is 18.6 Å². The molecule has 2 unspecified atom stereocenters. The van der Waals surface area contributed by atoms with E-state index in [1.54, 1.807) is 60.5 Å². The van der Waals surface area contributed by atoms with E-state index in [-0.39, 0.29) is 55.7 Å². The van der Waals surface area contributed by atoms with E-state index in [1.165, 1.54) is 23.6 Å². The van der Waals surface area contributed by atoms with Gasteiger partial charge in [-0.3, -0.25) is 33.8 Å². The van der Waals surface area contributed by atoms with E-state index < -0.39 is 50.3 Å². The van der Waals surface area contributed by atoms with Crippen LogP contribution in [0.4, 0.5) is 17.1 Å². The maximum atomic E-state index is 14.7. The third-order valence-corrected chi connectivity index (χ3v) is 12.1. The van der Waals surface area contributed by atoms with Crippen molar-refractivity contribution in [2.75, 3.05) is 21.3 Å². The Bertz CT molecular complexity index is 1640. The van der Waals surface area contributed by atoms with Crippen LogP contribution in [-0.4, -0.2) is 73.0 Å². The third kappa shape index (κ3) is 5.42. The van der Waals surface area contributed by atoms with Gasteiger partial charge < -0.3 is 29.0 Å². The minimum Gasteiger partial charge on any atom is -0.441 e. The highest BCUT2D eigenvalue weighted by Gasteiger charge is 2.66. The van der Waals surface area contributed by atoms with Crippen LogP contribution < -0.4 is 14.7 Å². The van der Waals surface area contributed by atoms with E-state index in [9.17, 15) is 33.9 Å². The largest absolute Gasteiger partial charge is 0.441 e. The molecule has 4 aliphatic rings. The van der Waals surface area contributed by atoms with Gasteiger partial charge in [-0.2, -0.15) is 0 Å². The van der Waals surface area contributed by atoms with Crippen LogP contribution in [0.25, 0.3) is 0 Å². The first-order valence-electron chi connectivity index (χ1n) is 15.7. The summed E-state index contributed by atoms with van der Waals surface area (Å²) in [5, 5.41) is 9.91. The number of amides is 3. The number of hydrogen-bond donors (Lipinski definition) is 2. The number of esters is 2. The molecule has 2 N–H and O–H groups in total. The summed E-state index contributed by atoms with van der Waals surface area (Å²) < 4.78 is 17.3. The van der Waals surface area contributed by atoms with Crippen molar-refractivity contribution in [3.63, 3.8) is 0 Å². The maximum Gasteiger partial charge on any atom is 0.304 e. The van der Waals surface area contributed by atoms with Gasteiger partial charge in [0.15, 0.2) is 26.4 Å². The molecule has 4 heterocycles. The van der Waals surface area contributed by atoms with Crippen LogP contribution in [0.5, 0.6) is 0 Å². The van der Waals surface area contributed by atoms with E-state index >= 15 is 0 Å². The quantitative estimate of drug-likeness (QED) is 0.231. The topological polar surface area (TPSA) is 163 Å². The van der Waals surface area contributed by atoms with Gasteiger partial charge in [-0.1, -0.05) is 19.1 Å². The number of fused-ring (bicyclic) bond motifs is 2. The summed E-state index contributed by atoms with van der Waals surface area (Å²) >= 11 is 0. The average Bonchev–Trinajstić information content (AvgIpc) is 3.39. The molecule has 2 aromatic carbocycles. The predicted octanol–water partition coefficient (Wildman–Crippen LogP) is 2.67. The minimum atomic E-state index is -2.93. The van der Waals surface area contributed by atoms with Crippen LogP contribution in [0.3, 0.4) is 0 Å². The van der Waals surface area contributed by atoms with Crippen molar-refractivity contribution in [2.45, 2.75) is 89.4 Å². The molecule has 0 aromatic heterocycles. The number of benzene rings is 2. The Kier molecular flexibility index (Phi) is 8.27. The molecular weight excluding hydrogens is 626 g/mol. The fourth-order valence-electron chi connectivity index (χ4n) is 7.68. The Balaban J connectivity index is 1.37. The molecular formula is C33H39N3O10Si. The number of carbonyl (C=O) groups excluding carboxylic acids is 5. The molecule has 6 rings (SSSR count). The van der Waals surface area contributed by atoms with Gasteiger partial charge in [-0.25, -0.2) is 0 Å². The van der Waals surface area contributed by atoms with Gasteiger partial charge in [0.1, 0.15) is 0 Å². The maximum absolute atomic E-state index is 14.7. The average molecular weight is 666 g/mol. The Labute approximate surface area is 273 Å². The smallest absolute Gasteiger partial charge is 0.304 e. The first-order valence-corrected chi connectivity index (χ1v) is 18.7. The van der Waals surface area contributed by atoms with E-state index in [0.29, 0.717) is 22.6 Å². The highest BCUT2D eigenvalue weighted by atomic mass is 28.4. The summed E-state index contributed by atoms with van der Waals surface area (Å²) in [5.41, 5.74) is 0.978. The second kappa shape index (κ2) is 11.8. The van der Waals surface area contributed by atoms with Crippen molar-refractivity contribution < 1.29 is 48.1 Å². The molecule has 6 atom stereocenters. The van der Waals surface area contributed by atoms with Crippen molar-refractivity contribution in [2.24, 2.45) is 5.92 Å². The van der Waals surface area contributed by atoms with E-state index in [2.05, 4.69) is 0 Å². The Morgan fingerprint density at radius 2 is 1.49 bits per heavy atom. The number of aliphatic hydroxyl groups is 1. The third-order valence-electron chi connectivity index (χ3n) is 9.63. The molecule has 3 saturated heterocycles. The van der Waals surface area contributed by atoms with Gasteiger partial charge in [-0.05, 0) is 55.4 Å². The zero-order valence-electron chi connectivity index (χ0n) is 27.0. The molecule has 0 aliphatic carbocycles. The predicted molar refractivity (Wildman–Crippen MR) is 170 cm³/mol. The molecule has 250 valence electrons.